The van der Waals surface area contributed by atoms with Gasteiger partial charge < -0.3 is 24.9 Å². The predicted molar refractivity (Wildman–Crippen MR) is 133 cm³/mol. The number of nitrogens with one attached hydrogen (secondary N) is 2. The molecule has 1 aromatic carbocycles. The van der Waals surface area contributed by atoms with E-state index in [4.69, 9.17) is 4.42 Å². The van der Waals surface area contributed by atoms with Gasteiger partial charge in [0, 0.05) is 31.7 Å². The summed E-state index contributed by atoms with van der Waals surface area (Å²) in [6.07, 6.45) is 4.05. The highest BCUT2D eigenvalue weighted by atomic mass is 127. The van der Waals surface area contributed by atoms with Crippen LogP contribution in [0, 0.1) is 0 Å². The topological polar surface area (TPSA) is 68.9 Å². The van der Waals surface area contributed by atoms with Gasteiger partial charge in [-0.15, -0.1) is 24.0 Å². The lowest BCUT2D eigenvalue weighted by molar-refractivity contribution is 0.274. The van der Waals surface area contributed by atoms with Crippen molar-refractivity contribution in [1.82, 2.24) is 25.4 Å². The molecule has 0 saturated carbocycles. The number of rotatable bonds is 8. The third-order valence-electron chi connectivity index (χ3n) is 5.07. The fourth-order valence-corrected chi connectivity index (χ4v) is 3.43. The average molecular weight is 526 g/mol. The van der Waals surface area contributed by atoms with E-state index in [1.54, 1.807) is 6.26 Å². The normalized spacial score (nSPS) is 16.0. The fraction of sp³-hybridized carbons (Fsp3) is 0.545. The predicted octanol–water partition coefficient (Wildman–Crippen LogP) is 3.04. The number of aromatic nitrogens is 1. The molecule has 166 valence electrons. The van der Waals surface area contributed by atoms with E-state index in [-0.39, 0.29) is 24.0 Å². The van der Waals surface area contributed by atoms with E-state index in [9.17, 15) is 0 Å². The van der Waals surface area contributed by atoms with Gasteiger partial charge in [-0.3, -0.25) is 0 Å². The first-order valence-corrected chi connectivity index (χ1v) is 10.7. The van der Waals surface area contributed by atoms with E-state index in [1.807, 2.05) is 30.3 Å². The lowest BCUT2D eigenvalue weighted by Gasteiger charge is -2.20. The minimum Gasteiger partial charge on any atom is -0.444 e. The zero-order chi connectivity index (χ0) is 20.3. The van der Waals surface area contributed by atoms with Gasteiger partial charge in [-0.1, -0.05) is 18.2 Å². The molecule has 2 aromatic rings. The molecule has 0 aliphatic carbocycles. The van der Waals surface area contributed by atoms with Gasteiger partial charge in [0.25, 0.3) is 0 Å². The highest BCUT2D eigenvalue weighted by molar-refractivity contribution is 14.0. The van der Waals surface area contributed by atoms with Crippen molar-refractivity contribution in [2.24, 2.45) is 4.99 Å². The third-order valence-corrected chi connectivity index (χ3v) is 5.07. The molecule has 0 spiro atoms. The first kappa shape index (κ1) is 24.6. The van der Waals surface area contributed by atoms with Crippen LogP contribution in [0.3, 0.4) is 0 Å². The largest absolute Gasteiger partial charge is 0.444 e. The molecular weight excluding hydrogens is 491 g/mol. The van der Waals surface area contributed by atoms with Crippen LogP contribution in [0.2, 0.25) is 0 Å². The van der Waals surface area contributed by atoms with E-state index in [2.05, 4.69) is 44.4 Å². The summed E-state index contributed by atoms with van der Waals surface area (Å²) in [7, 11) is 2.21. The summed E-state index contributed by atoms with van der Waals surface area (Å²) in [4.78, 5) is 14.2. The number of benzene rings is 1. The highest BCUT2D eigenvalue weighted by Gasteiger charge is 2.11. The van der Waals surface area contributed by atoms with Crippen LogP contribution < -0.4 is 10.6 Å². The van der Waals surface area contributed by atoms with E-state index in [0.717, 1.165) is 43.3 Å². The molecule has 3 rings (SSSR count). The molecule has 1 aliphatic heterocycles. The van der Waals surface area contributed by atoms with Crippen LogP contribution in [0.25, 0.3) is 11.5 Å². The zero-order valence-corrected chi connectivity index (χ0v) is 20.5. The Morgan fingerprint density at radius 2 is 1.97 bits per heavy atom. The maximum atomic E-state index is 5.60. The van der Waals surface area contributed by atoms with Gasteiger partial charge in [0.15, 0.2) is 5.96 Å². The molecule has 30 heavy (non-hydrogen) atoms. The minimum atomic E-state index is 0. The highest BCUT2D eigenvalue weighted by Crippen LogP contribution is 2.18. The van der Waals surface area contributed by atoms with Gasteiger partial charge in [-0.05, 0) is 58.6 Å². The number of nitrogens with zero attached hydrogens (tertiary/aromatic N) is 4. The van der Waals surface area contributed by atoms with E-state index < -0.39 is 0 Å². The Bertz CT molecular complexity index is 751. The van der Waals surface area contributed by atoms with Gasteiger partial charge in [-0.2, -0.15) is 0 Å². The Morgan fingerprint density at radius 3 is 2.77 bits per heavy atom. The van der Waals surface area contributed by atoms with Gasteiger partial charge in [0.05, 0.1) is 6.54 Å². The molecule has 7 nitrogen and oxygen atoms in total. The van der Waals surface area contributed by atoms with E-state index in [0.29, 0.717) is 12.4 Å². The van der Waals surface area contributed by atoms with Crippen LogP contribution in [0.1, 0.15) is 25.5 Å². The van der Waals surface area contributed by atoms with Gasteiger partial charge in [0.2, 0.25) is 5.89 Å². The summed E-state index contributed by atoms with van der Waals surface area (Å²) in [6, 6.07) is 9.93. The van der Waals surface area contributed by atoms with Crippen LogP contribution in [0.15, 0.2) is 46.0 Å². The summed E-state index contributed by atoms with van der Waals surface area (Å²) in [5, 5.41) is 6.74. The van der Waals surface area contributed by atoms with Crippen molar-refractivity contribution in [1.29, 1.82) is 0 Å². The first-order valence-electron chi connectivity index (χ1n) is 10.7. The van der Waals surface area contributed by atoms with Gasteiger partial charge >= 0.3 is 0 Å². The summed E-state index contributed by atoms with van der Waals surface area (Å²) >= 11 is 0. The zero-order valence-electron chi connectivity index (χ0n) is 18.1. The molecule has 0 unspecified atom stereocenters. The molecule has 0 atom stereocenters. The van der Waals surface area contributed by atoms with Crippen LogP contribution in [0.5, 0.6) is 0 Å². The lowest BCUT2D eigenvalue weighted by Crippen LogP contribution is -2.39. The molecule has 1 saturated heterocycles. The second kappa shape index (κ2) is 13.6. The molecule has 8 heteroatoms. The van der Waals surface area contributed by atoms with E-state index >= 15 is 0 Å². The molecular formula is C22H35IN6O. The maximum absolute atomic E-state index is 5.60. The molecule has 0 bridgehead atoms. The van der Waals surface area contributed by atoms with Crippen molar-refractivity contribution in [2.45, 2.75) is 26.3 Å². The molecule has 0 radical (unpaired) electrons. The summed E-state index contributed by atoms with van der Waals surface area (Å²) in [5.41, 5.74) is 1.81. The number of oxazole rings is 1. The Hall–Kier alpha value is -1.65. The second-order valence-corrected chi connectivity index (χ2v) is 7.48. The summed E-state index contributed by atoms with van der Waals surface area (Å²) in [6.45, 7) is 10.2. The number of hydrogen-bond donors (Lipinski definition) is 2. The number of halogens is 1. The van der Waals surface area contributed by atoms with Crippen molar-refractivity contribution in [3.63, 3.8) is 0 Å². The first-order chi connectivity index (χ1) is 14.2. The fourth-order valence-electron chi connectivity index (χ4n) is 3.43. The number of guanidine groups is 1. The Balaban J connectivity index is 0.00000320. The Labute approximate surface area is 197 Å². The molecule has 2 N–H and O–H groups in total. The van der Waals surface area contributed by atoms with Crippen molar-refractivity contribution in [3.8, 4) is 11.5 Å². The molecule has 1 aliphatic rings. The van der Waals surface area contributed by atoms with Gasteiger partial charge in [-0.25, -0.2) is 9.98 Å². The Kier molecular flexibility index (Phi) is 11.2. The van der Waals surface area contributed by atoms with Crippen LogP contribution in [0.4, 0.5) is 0 Å². The number of aliphatic imine (C=N–C) groups is 1. The minimum absolute atomic E-state index is 0. The standard InChI is InChI=1S/C22H34N6O.HI/c1-3-23-22(24-11-7-13-28-14-8-12-27(2)15-16-28)25-17-20-18-29-21(26-20)19-9-5-4-6-10-19;/h4-6,9-10,18H,3,7-8,11-17H2,1-2H3,(H2,23,24,25);1H. The third kappa shape index (κ3) is 8.23. The molecule has 0 amide bonds. The molecule has 2 heterocycles. The Morgan fingerprint density at radius 1 is 1.13 bits per heavy atom. The SMILES string of the molecule is CCNC(=NCc1coc(-c2ccccc2)n1)NCCCN1CCCN(C)CC1.I. The van der Waals surface area contributed by atoms with Gasteiger partial charge in [0.1, 0.15) is 12.0 Å². The van der Waals surface area contributed by atoms with Crippen molar-refractivity contribution in [2.75, 3.05) is 52.9 Å². The van der Waals surface area contributed by atoms with Crippen LogP contribution in [-0.4, -0.2) is 73.6 Å². The molecule has 1 fully saturated rings. The summed E-state index contributed by atoms with van der Waals surface area (Å²) < 4.78 is 5.60. The maximum Gasteiger partial charge on any atom is 0.226 e. The monoisotopic (exact) mass is 526 g/mol. The number of hydrogen-bond acceptors (Lipinski definition) is 5. The second-order valence-electron chi connectivity index (χ2n) is 7.48. The van der Waals surface area contributed by atoms with E-state index in [1.165, 1.54) is 32.6 Å². The van der Waals surface area contributed by atoms with Crippen molar-refractivity contribution >= 4 is 29.9 Å². The quantitative estimate of drug-likeness (QED) is 0.239. The van der Waals surface area contributed by atoms with Crippen LogP contribution >= 0.6 is 24.0 Å². The average Bonchev–Trinajstić information content (AvgIpc) is 3.12. The summed E-state index contributed by atoms with van der Waals surface area (Å²) in [5.74, 6) is 1.46. The lowest BCUT2D eigenvalue weighted by atomic mass is 10.2. The smallest absolute Gasteiger partial charge is 0.226 e. The molecule has 1 aromatic heterocycles. The van der Waals surface area contributed by atoms with Crippen LogP contribution in [-0.2, 0) is 6.54 Å². The van der Waals surface area contributed by atoms with Crippen molar-refractivity contribution in [3.05, 3.63) is 42.3 Å². The number of likely N-dealkylation sites (N-methyl/N-ethyl adjacent to an activating group) is 1. The van der Waals surface area contributed by atoms with Crippen molar-refractivity contribution < 1.29 is 4.42 Å².